The van der Waals surface area contributed by atoms with Crippen molar-refractivity contribution in [1.29, 1.82) is 0 Å². The van der Waals surface area contributed by atoms with E-state index < -0.39 is 5.54 Å². The highest BCUT2D eigenvalue weighted by Gasteiger charge is 2.31. The summed E-state index contributed by atoms with van der Waals surface area (Å²) in [4.78, 5) is 14.7. The maximum Gasteiger partial charge on any atom is 0.244 e. The van der Waals surface area contributed by atoms with E-state index in [0.29, 0.717) is 0 Å². The lowest BCUT2D eigenvalue weighted by Crippen LogP contribution is -2.54. The first-order valence-corrected chi connectivity index (χ1v) is 7.45. The molecule has 1 fully saturated rings. The first-order chi connectivity index (χ1) is 10.00. The molecule has 1 aliphatic heterocycles. The number of halogens is 2. The van der Waals surface area contributed by atoms with Crippen LogP contribution in [0.4, 0.5) is 0 Å². The van der Waals surface area contributed by atoms with E-state index in [1.807, 2.05) is 37.3 Å². The molecule has 1 aromatic carbocycles. The van der Waals surface area contributed by atoms with Gasteiger partial charge in [0.05, 0.1) is 13.2 Å². The summed E-state index contributed by atoms with van der Waals surface area (Å²) in [5.41, 5.74) is 6.02. The Kier molecular flexibility index (Phi) is 9.73. The minimum absolute atomic E-state index is 0. The summed E-state index contributed by atoms with van der Waals surface area (Å²) < 4.78 is 5.33. The van der Waals surface area contributed by atoms with Crippen LogP contribution in [0, 0.1) is 0 Å². The van der Waals surface area contributed by atoms with Crippen molar-refractivity contribution in [3.8, 4) is 0 Å². The first kappa shape index (κ1) is 22.1. The van der Waals surface area contributed by atoms with Crippen molar-refractivity contribution in [1.82, 2.24) is 10.2 Å². The van der Waals surface area contributed by atoms with Gasteiger partial charge in [0.2, 0.25) is 5.91 Å². The van der Waals surface area contributed by atoms with Crippen molar-refractivity contribution in [2.75, 3.05) is 32.8 Å². The van der Waals surface area contributed by atoms with E-state index in [2.05, 4.69) is 10.2 Å². The molecule has 2 atom stereocenters. The number of nitrogens with two attached hydrogens (primary N) is 1. The fraction of sp³-hybridized carbons (Fsp3) is 0.562. The van der Waals surface area contributed by atoms with Crippen LogP contribution in [0.3, 0.4) is 0 Å². The second kappa shape index (κ2) is 10.1. The molecule has 0 saturated carbocycles. The van der Waals surface area contributed by atoms with Gasteiger partial charge in [0.25, 0.3) is 0 Å². The smallest absolute Gasteiger partial charge is 0.244 e. The summed E-state index contributed by atoms with van der Waals surface area (Å²) in [6.45, 7) is 7.93. The highest BCUT2D eigenvalue weighted by molar-refractivity contribution is 5.87. The fourth-order valence-electron chi connectivity index (χ4n) is 2.51. The van der Waals surface area contributed by atoms with Crippen molar-refractivity contribution < 1.29 is 9.53 Å². The topological polar surface area (TPSA) is 67.6 Å². The second-order valence-electron chi connectivity index (χ2n) is 5.86. The summed E-state index contributed by atoms with van der Waals surface area (Å²) >= 11 is 0. The zero-order valence-corrected chi connectivity index (χ0v) is 15.3. The van der Waals surface area contributed by atoms with Crippen molar-refractivity contribution in [2.45, 2.75) is 25.4 Å². The van der Waals surface area contributed by atoms with E-state index in [-0.39, 0.29) is 36.8 Å². The molecule has 2 rings (SSSR count). The van der Waals surface area contributed by atoms with Crippen LogP contribution in [0.1, 0.15) is 19.4 Å². The molecule has 23 heavy (non-hydrogen) atoms. The molecule has 0 bridgehead atoms. The molecule has 3 N–H and O–H groups in total. The molecule has 0 aromatic heterocycles. The Morgan fingerprint density at radius 3 is 2.43 bits per heavy atom. The number of carbonyl (C=O) groups excluding carboxylic acids is 1. The SMILES string of the molecule is CC(CN1CCOCC1)NC(=O)C(C)(N)c1ccccc1.Cl.Cl. The maximum absolute atomic E-state index is 12.4. The van der Waals surface area contributed by atoms with Crippen LogP contribution < -0.4 is 11.1 Å². The third-order valence-corrected chi connectivity index (χ3v) is 3.86. The summed E-state index contributed by atoms with van der Waals surface area (Å²) in [6.07, 6.45) is 0. The maximum atomic E-state index is 12.4. The van der Waals surface area contributed by atoms with Gasteiger partial charge < -0.3 is 15.8 Å². The molecule has 5 nitrogen and oxygen atoms in total. The van der Waals surface area contributed by atoms with Crippen LogP contribution in [0.25, 0.3) is 0 Å². The predicted molar refractivity (Wildman–Crippen MR) is 97.3 cm³/mol. The van der Waals surface area contributed by atoms with Crippen molar-refractivity contribution in [3.05, 3.63) is 35.9 Å². The number of ether oxygens (including phenoxy) is 1. The minimum Gasteiger partial charge on any atom is -0.379 e. The molecule has 0 aliphatic carbocycles. The third kappa shape index (κ3) is 6.28. The predicted octanol–water partition coefficient (Wildman–Crippen LogP) is 1.54. The number of hydrogen-bond acceptors (Lipinski definition) is 4. The van der Waals surface area contributed by atoms with Gasteiger partial charge in [-0.15, -0.1) is 24.8 Å². The van der Waals surface area contributed by atoms with Crippen LogP contribution in [0.15, 0.2) is 30.3 Å². The number of nitrogens with one attached hydrogen (secondary N) is 1. The van der Waals surface area contributed by atoms with Gasteiger partial charge in [-0.25, -0.2) is 0 Å². The lowest BCUT2D eigenvalue weighted by molar-refractivity contribution is -0.126. The fourth-order valence-corrected chi connectivity index (χ4v) is 2.51. The van der Waals surface area contributed by atoms with Crippen LogP contribution in [-0.2, 0) is 15.1 Å². The van der Waals surface area contributed by atoms with Gasteiger partial charge in [0, 0.05) is 25.7 Å². The lowest BCUT2D eigenvalue weighted by atomic mass is 9.92. The third-order valence-electron chi connectivity index (χ3n) is 3.86. The molecule has 1 saturated heterocycles. The number of hydrogen-bond donors (Lipinski definition) is 2. The quantitative estimate of drug-likeness (QED) is 0.832. The molecule has 1 aromatic rings. The Bertz CT molecular complexity index is 466. The lowest BCUT2D eigenvalue weighted by Gasteiger charge is -2.31. The molecule has 132 valence electrons. The van der Waals surface area contributed by atoms with Gasteiger partial charge in [-0.3, -0.25) is 9.69 Å². The number of morpholine rings is 1. The Morgan fingerprint density at radius 1 is 1.30 bits per heavy atom. The van der Waals surface area contributed by atoms with Gasteiger partial charge in [0.15, 0.2) is 0 Å². The summed E-state index contributed by atoms with van der Waals surface area (Å²) in [6, 6.07) is 9.52. The standard InChI is InChI=1S/C16H25N3O2.2ClH/c1-13(12-19-8-10-21-11-9-19)18-15(20)16(2,17)14-6-4-3-5-7-14;;/h3-7,13H,8-12,17H2,1-2H3,(H,18,20);2*1H. The van der Waals surface area contributed by atoms with Crippen LogP contribution >= 0.6 is 24.8 Å². The second-order valence-corrected chi connectivity index (χ2v) is 5.86. The van der Waals surface area contributed by atoms with Gasteiger partial charge in [-0.2, -0.15) is 0 Å². The van der Waals surface area contributed by atoms with E-state index >= 15 is 0 Å². The molecule has 1 amide bonds. The normalized spacial score (nSPS) is 18.7. The molecular weight excluding hydrogens is 337 g/mol. The zero-order chi connectivity index (χ0) is 15.3. The van der Waals surface area contributed by atoms with Crippen molar-refractivity contribution in [2.24, 2.45) is 5.73 Å². The number of benzene rings is 1. The average molecular weight is 364 g/mol. The summed E-state index contributed by atoms with van der Waals surface area (Å²) in [5, 5.41) is 3.02. The number of rotatable bonds is 5. The van der Waals surface area contributed by atoms with Crippen molar-refractivity contribution in [3.63, 3.8) is 0 Å². The molecular formula is C16H27Cl2N3O2. The molecule has 1 aliphatic rings. The Labute approximate surface area is 150 Å². The molecule has 0 spiro atoms. The Balaban J connectivity index is 0.00000242. The van der Waals surface area contributed by atoms with Crippen LogP contribution in [0.2, 0.25) is 0 Å². The summed E-state index contributed by atoms with van der Waals surface area (Å²) in [7, 11) is 0. The number of carbonyl (C=O) groups is 1. The number of amides is 1. The van der Waals surface area contributed by atoms with Crippen LogP contribution in [0.5, 0.6) is 0 Å². The van der Waals surface area contributed by atoms with Crippen LogP contribution in [-0.4, -0.2) is 49.7 Å². The van der Waals surface area contributed by atoms with E-state index in [0.717, 1.165) is 38.4 Å². The van der Waals surface area contributed by atoms with Gasteiger partial charge in [0.1, 0.15) is 5.54 Å². The van der Waals surface area contributed by atoms with Gasteiger partial charge in [-0.05, 0) is 19.4 Å². The van der Waals surface area contributed by atoms with Gasteiger partial charge in [-0.1, -0.05) is 30.3 Å². The molecule has 7 heteroatoms. The molecule has 2 unspecified atom stereocenters. The van der Waals surface area contributed by atoms with E-state index in [1.54, 1.807) is 6.92 Å². The highest BCUT2D eigenvalue weighted by Crippen LogP contribution is 2.17. The molecule has 1 heterocycles. The minimum atomic E-state index is -1.01. The Hall–Kier alpha value is -0.850. The van der Waals surface area contributed by atoms with E-state index in [9.17, 15) is 4.79 Å². The van der Waals surface area contributed by atoms with E-state index in [4.69, 9.17) is 10.5 Å². The monoisotopic (exact) mass is 363 g/mol. The van der Waals surface area contributed by atoms with Gasteiger partial charge >= 0.3 is 0 Å². The largest absolute Gasteiger partial charge is 0.379 e. The van der Waals surface area contributed by atoms with Crippen molar-refractivity contribution >= 4 is 30.7 Å². The van der Waals surface area contributed by atoms with E-state index in [1.165, 1.54) is 0 Å². The first-order valence-electron chi connectivity index (χ1n) is 7.45. The highest BCUT2D eigenvalue weighted by atomic mass is 35.5. The number of nitrogens with zero attached hydrogens (tertiary/aromatic N) is 1. The summed E-state index contributed by atoms with van der Waals surface area (Å²) in [5.74, 6) is -0.144. The zero-order valence-electron chi connectivity index (χ0n) is 13.7. The Morgan fingerprint density at radius 2 is 1.87 bits per heavy atom. The average Bonchev–Trinajstić information content (AvgIpc) is 2.49. The molecule has 0 radical (unpaired) electrons.